The van der Waals surface area contributed by atoms with Gasteiger partial charge in [0.2, 0.25) is 0 Å². The number of carbonyl (C=O) groups is 1. The highest BCUT2D eigenvalue weighted by Gasteiger charge is 2.43. The molecular formula is C23H29NO2. The highest BCUT2D eigenvalue weighted by molar-refractivity contribution is 5.74. The van der Waals surface area contributed by atoms with Crippen molar-refractivity contribution >= 4 is 5.97 Å². The SMILES string of the molecule is COC(=O)[C@H]1[C@H](C)CC[C@H]1N(Cc1ccccc1)[C@@H](C)c1ccccc1. The summed E-state index contributed by atoms with van der Waals surface area (Å²) in [7, 11) is 1.51. The molecule has 0 N–H and O–H groups in total. The summed E-state index contributed by atoms with van der Waals surface area (Å²) in [6, 6.07) is 21.5. The highest BCUT2D eigenvalue weighted by atomic mass is 16.5. The van der Waals surface area contributed by atoms with E-state index in [-0.39, 0.29) is 24.0 Å². The minimum absolute atomic E-state index is 0.0603. The van der Waals surface area contributed by atoms with Crippen molar-refractivity contribution in [2.24, 2.45) is 11.8 Å². The van der Waals surface area contributed by atoms with Gasteiger partial charge in [0.1, 0.15) is 0 Å². The third kappa shape index (κ3) is 3.99. The van der Waals surface area contributed by atoms with Crippen molar-refractivity contribution in [3.63, 3.8) is 0 Å². The molecule has 3 nitrogen and oxygen atoms in total. The molecule has 0 spiro atoms. The van der Waals surface area contributed by atoms with E-state index in [0.29, 0.717) is 5.92 Å². The van der Waals surface area contributed by atoms with Gasteiger partial charge in [-0.05, 0) is 36.8 Å². The molecule has 4 atom stereocenters. The van der Waals surface area contributed by atoms with Gasteiger partial charge in [0, 0.05) is 18.6 Å². The van der Waals surface area contributed by atoms with Crippen molar-refractivity contribution < 1.29 is 9.53 Å². The van der Waals surface area contributed by atoms with Crippen molar-refractivity contribution in [2.45, 2.75) is 45.3 Å². The van der Waals surface area contributed by atoms with Crippen molar-refractivity contribution in [1.82, 2.24) is 4.90 Å². The molecule has 2 aromatic rings. The highest BCUT2D eigenvalue weighted by Crippen LogP contribution is 2.40. The van der Waals surface area contributed by atoms with E-state index < -0.39 is 0 Å². The van der Waals surface area contributed by atoms with Crippen LogP contribution in [0.3, 0.4) is 0 Å². The van der Waals surface area contributed by atoms with E-state index in [0.717, 1.165) is 19.4 Å². The van der Waals surface area contributed by atoms with Crippen LogP contribution < -0.4 is 0 Å². The van der Waals surface area contributed by atoms with E-state index in [2.05, 4.69) is 67.3 Å². The van der Waals surface area contributed by atoms with Crippen LogP contribution in [-0.4, -0.2) is 24.0 Å². The Morgan fingerprint density at radius 1 is 1.08 bits per heavy atom. The number of methoxy groups -OCH3 is 1. The second-order valence-electron chi connectivity index (χ2n) is 7.42. The number of nitrogens with zero attached hydrogens (tertiary/aromatic N) is 1. The van der Waals surface area contributed by atoms with Gasteiger partial charge in [0.05, 0.1) is 13.0 Å². The fourth-order valence-electron chi connectivity index (χ4n) is 4.33. The van der Waals surface area contributed by atoms with Gasteiger partial charge in [-0.25, -0.2) is 0 Å². The molecule has 3 heteroatoms. The van der Waals surface area contributed by atoms with Crippen molar-refractivity contribution in [3.05, 3.63) is 71.8 Å². The topological polar surface area (TPSA) is 29.5 Å². The minimum Gasteiger partial charge on any atom is -0.469 e. The second-order valence-corrected chi connectivity index (χ2v) is 7.42. The summed E-state index contributed by atoms with van der Waals surface area (Å²) in [6.45, 7) is 5.26. The number of esters is 1. The summed E-state index contributed by atoms with van der Waals surface area (Å²) >= 11 is 0. The van der Waals surface area contributed by atoms with Gasteiger partial charge < -0.3 is 4.74 Å². The fraction of sp³-hybridized carbons (Fsp3) is 0.435. The van der Waals surface area contributed by atoms with Crippen LogP contribution in [0.15, 0.2) is 60.7 Å². The molecule has 3 rings (SSSR count). The summed E-state index contributed by atoms with van der Waals surface area (Å²) in [5.74, 6) is 0.224. The Balaban J connectivity index is 1.93. The molecule has 0 bridgehead atoms. The second kappa shape index (κ2) is 8.50. The van der Waals surface area contributed by atoms with Crippen LogP contribution in [0.1, 0.15) is 43.9 Å². The number of ether oxygens (including phenoxy) is 1. The van der Waals surface area contributed by atoms with E-state index >= 15 is 0 Å². The Hall–Kier alpha value is -2.13. The average molecular weight is 351 g/mol. The van der Waals surface area contributed by atoms with Crippen LogP contribution in [0.5, 0.6) is 0 Å². The molecule has 0 aromatic heterocycles. The molecular weight excluding hydrogens is 322 g/mol. The summed E-state index contributed by atoms with van der Waals surface area (Å²) in [6.07, 6.45) is 2.10. The van der Waals surface area contributed by atoms with Crippen LogP contribution in [0.25, 0.3) is 0 Å². The van der Waals surface area contributed by atoms with E-state index in [1.54, 1.807) is 0 Å². The Morgan fingerprint density at radius 3 is 2.31 bits per heavy atom. The molecule has 26 heavy (non-hydrogen) atoms. The largest absolute Gasteiger partial charge is 0.469 e. The molecule has 0 amide bonds. The summed E-state index contributed by atoms with van der Waals surface area (Å²) < 4.78 is 5.16. The van der Waals surface area contributed by atoms with E-state index in [9.17, 15) is 4.79 Å². The van der Waals surface area contributed by atoms with Crippen LogP contribution in [0, 0.1) is 11.8 Å². The Kier molecular flexibility index (Phi) is 6.10. The predicted octanol–water partition coefficient (Wildman–Crippen LogP) is 4.84. The lowest BCUT2D eigenvalue weighted by atomic mass is 9.92. The first-order valence-corrected chi connectivity index (χ1v) is 9.54. The summed E-state index contributed by atoms with van der Waals surface area (Å²) in [4.78, 5) is 15.0. The van der Waals surface area contributed by atoms with Gasteiger partial charge in [-0.2, -0.15) is 0 Å². The van der Waals surface area contributed by atoms with Crippen molar-refractivity contribution in [1.29, 1.82) is 0 Å². The maximum atomic E-state index is 12.5. The zero-order chi connectivity index (χ0) is 18.5. The smallest absolute Gasteiger partial charge is 0.310 e. The Labute approximate surface area is 157 Å². The quantitative estimate of drug-likeness (QED) is 0.698. The van der Waals surface area contributed by atoms with Gasteiger partial charge in [0.25, 0.3) is 0 Å². The van der Waals surface area contributed by atoms with Gasteiger partial charge >= 0.3 is 5.97 Å². The molecule has 138 valence electrons. The molecule has 1 saturated carbocycles. The first-order chi connectivity index (χ1) is 12.6. The zero-order valence-electron chi connectivity index (χ0n) is 16.0. The minimum atomic E-state index is -0.0710. The van der Waals surface area contributed by atoms with E-state index in [1.165, 1.54) is 18.2 Å². The third-order valence-electron chi connectivity index (χ3n) is 5.83. The normalized spacial score (nSPS) is 23.8. The fourth-order valence-corrected chi connectivity index (χ4v) is 4.33. The van der Waals surface area contributed by atoms with Gasteiger partial charge in [-0.15, -0.1) is 0 Å². The number of carbonyl (C=O) groups excluding carboxylic acids is 1. The number of benzene rings is 2. The van der Waals surface area contributed by atoms with Crippen LogP contribution in [0.4, 0.5) is 0 Å². The standard InChI is InChI=1S/C23H29NO2/c1-17-14-15-21(22(17)23(25)26-3)24(16-19-10-6-4-7-11-19)18(2)20-12-8-5-9-13-20/h4-13,17-18,21-22H,14-16H2,1-3H3/t17-,18+,21-,22+/m1/s1. The zero-order valence-corrected chi connectivity index (χ0v) is 16.0. The Morgan fingerprint density at radius 2 is 1.69 bits per heavy atom. The van der Waals surface area contributed by atoms with E-state index in [1.807, 2.05) is 12.1 Å². The monoisotopic (exact) mass is 351 g/mol. The molecule has 1 aliphatic carbocycles. The van der Waals surface area contributed by atoms with Gasteiger partial charge in [0.15, 0.2) is 0 Å². The van der Waals surface area contributed by atoms with Crippen LogP contribution >= 0.6 is 0 Å². The maximum Gasteiger partial charge on any atom is 0.310 e. The maximum absolute atomic E-state index is 12.5. The van der Waals surface area contributed by atoms with Crippen LogP contribution in [0.2, 0.25) is 0 Å². The average Bonchev–Trinajstić information content (AvgIpc) is 3.07. The molecule has 1 aliphatic rings. The molecule has 0 unspecified atom stereocenters. The molecule has 0 aliphatic heterocycles. The lowest BCUT2D eigenvalue weighted by molar-refractivity contribution is -0.149. The number of hydrogen-bond donors (Lipinski definition) is 0. The molecule has 0 heterocycles. The van der Waals surface area contributed by atoms with Gasteiger partial charge in [-0.1, -0.05) is 67.6 Å². The molecule has 0 radical (unpaired) electrons. The molecule has 0 saturated heterocycles. The molecule has 2 aromatic carbocycles. The first kappa shape index (κ1) is 18.7. The van der Waals surface area contributed by atoms with E-state index in [4.69, 9.17) is 4.74 Å². The first-order valence-electron chi connectivity index (χ1n) is 9.54. The summed E-state index contributed by atoms with van der Waals surface area (Å²) in [5, 5.41) is 0. The van der Waals surface area contributed by atoms with Crippen molar-refractivity contribution in [3.8, 4) is 0 Å². The third-order valence-corrected chi connectivity index (χ3v) is 5.83. The summed E-state index contributed by atoms with van der Waals surface area (Å²) in [5.41, 5.74) is 2.56. The lowest BCUT2D eigenvalue weighted by Crippen LogP contribution is -2.43. The van der Waals surface area contributed by atoms with Crippen molar-refractivity contribution in [2.75, 3.05) is 7.11 Å². The number of hydrogen-bond acceptors (Lipinski definition) is 3. The Bertz CT molecular complexity index is 701. The molecule has 1 fully saturated rings. The lowest BCUT2D eigenvalue weighted by Gasteiger charge is -2.38. The van der Waals surface area contributed by atoms with Gasteiger partial charge in [-0.3, -0.25) is 9.69 Å². The van der Waals surface area contributed by atoms with Crippen LogP contribution in [-0.2, 0) is 16.1 Å². The number of rotatable bonds is 6. The predicted molar refractivity (Wildman–Crippen MR) is 105 cm³/mol.